The number of benzene rings is 3. The van der Waals surface area contributed by atoms with E-state index in [1.807, 2.05) is 12.1 Å². The van der Waals surface area contributed by atoms with Gasteiger partial charge in [0.15, 0.2) is 0 Å². The van der Waals surface area contributed by atoms with Gasteiger partial charge in [0, 0.05) is 12.6 Å². The molecule has 0 aliphatic carbocycles. The third-order valence-corrected chi connectivity index (χ3v) is 3.80. The molecule has 0 heterocycles. The highest BCUT2D eigenvalue weighted by Crippen LogP contribution is 2.17. The van der Waals surface area contributed by atoms with Crippen molar-refractivity contribution >= 4 is 10.8 Å². The molecule has 0 aromatic heterocycles. The lowest BCUT2D eigenvalue weighted by molar-refractivity contribution is 0.571. The highest BCUT2D eigenvalue weighted by Gasteiger charge is 2.05. The normalized spacial score (nSPS) is 12.5. The molecule has 1 nitrogen and oxygen atoms in total. The minimum absolute atomic E-state index is 0.192. The van der Waals surface area contributed by atoms with Crippen molar-refractivity contribution in [2.75, 3.05) is 0 Å². The molecule has 106 valence electrons. The van der Waals surface area contributed by atoms with Gasteiger partial charge in [0.1, 0.15) is 5.82 Å². The summed E-state index contributed by atoms with van der Waals surface area (Å²) in [6.45, 7) is 2.89. The first-order valence-corrected chi connectivity index (χ1v) is 7.19. The molecule has 0 aliphatic rings. The Balaban J connectivity index is 1.69. The second kappa shape index (κ2) is 6.06. The average Bonchev–Trinajstić information content (AvgIpc) is 2.53. The van der Waals surface area contributed by atoms with Crippen LogP contribution in [0.25, 0.3) is 10.8 Å². The largest absolute Gasteiger partial charge is 0.306 e. The second-order valence-corrected chi connectivity index (χ2v) is 5.34. The van der Waals surface area contributed by atoms with E-state index in [4.69, 9.17) is 0 Å². The summed E-state index contributed by atoms with van der Waals surface area (Å²) in [5.41, 5.74) is 2.35. The van der Waals surface area contributed by atoms with E-state index >= 15 is 0 Å². The Kier molecular flexibility index (Phi) is 3.98. The van der Waals surface area contributed by atoms with Gasteiger partial charge < -0.3 is 5.32 Å². The quantitative estimate of drug-likeness (QED) is 0.721. The van der Waals surface area contributed by atoms with Gasteiger partial charge in [-0.15, -0.1) is 0 Å². The maximum atomic E-state index is 12.9. The lowest BCUT2D eigenvalue weighted by Crippen LogP contribution is -2.18. The first-order valence-electron chi connectivity index (χ1n) is 7.19. The zero-order valence-electron chi connectivity index (χ0n) is 12.0. The fraction of sp³-hybridized carbons (Fsp3) is 0.158. The zero-order chi connectivity index (χ0) is 14.7. The highest BCUT2D eigenvalue weighted by atomic mass is 19.1. The summed E-state index contributed by atoms with van der Waals surface area (Å²) in [5, 5.41) is 5.99. The van der Waals surface area contributed by atoms with Crippen LogP contribution in [0.15, 0.2) is 66.7 Å². The highest BCUT2D eigenvalue weighted by molar-refractivity contribution is 5.82. The Morgan fingerprint density at radius 1 is 0.905 bits per heavy atom. The summed E-state index contributed by atoms with van der Waals surface area (Å²) in [6.07, 6.45) is 0. The van der Waals surface area contributed by atoms with Gasteiger partial charge in [-0.1, -0.05) is 48.5 Å². The van der Waals surface area contributed by atoms with Crippen LogP contribution in [0.3, 0.4) is 0 Å². The average molecular weight is 279 g/mol. The molecule has 0 fully saturated rings. The van der Waals surface area contributed by atoms with E-state index in [0.29, 0.717) is 0 Å². The van der Waals surface area contributed by atoms with Crippen molar-refractivity contribution in [3.05, 3.63) is 83.7 Å². The summed E-state index contributed by atoms with van der Waals surface area (Å²) in [4.78, 5) is 0. The fourth-order valence-electron chi connectivity index (χ4n) is 2.49. The molecule has 0 saturated carbocycles. The first-order chi connectivity index (χ1) is 10.2. The predicted octanol–water partition coefficient (Wildman–Crippen LogP) is 4.83. The van der Waals surface area contributed by atoms with Gasteiger partial charge in [-0.2, -0.15) is 0 Å². The molecule has 3 aromatic carbocycles. The molecular weight excluding hydrogens is 261 g/mol. The van der Waals surface area contributed by atoms with Crippen molar-refractivity contribution in [2.45, 2.75) is 19.5 Å². The van der Waals surface area contributed by atoms with Crippen LogP contribution in [0.2, 0.25) is 0 Å². The molecule has 1 atom stereocenters. The molecule has 0 unspecified atom stereocenters. The molecule has 0 bridgehead atoms. The van der Waals surface area contributed by atoms with Crippen LogP contribution in [0.5, 0.6) is 0 Å². The minimum atomic E-state index is -0.194. The number of fused-ring (bicyclic) bond motifs is 1. The molecule has 0 spiro atoms. The Morgan fingerprint density at radius 2 is 1.62 bits per heavy atom. The predicted molar refractivity (Wildman–Crippen MR) is 85.6 cm³/mol. The number of hydrogen-bond acceptors (Lipinski definition) is 1. The lowest BCUT2D eigenvalue weighted by Gasteiger charge is -2.14. The van der Waals surface area contributed by atoms with Crippen molar-refractivity contribution in [1.82, 2.24) is 5.32 Å². The Morgan fingerprint density at radius 3 is 2.38 bits per heavy atom. The van der Waals surface area contributed by atoms with Crippen molar-refractivity contribution < 1.29 is 4.39 Å². The number of halogens is 1. The number of hydrogen-bond donors (Lipinski definition) is 1. The summed E-state index contributed by atoms with van der Waals surface area (Å²) < 4.78 is 12.9. The van der Waals surface area contributed by atoms with E-state index in [-0.39, 0.29) is 11.9 Å². The molecule has 3 aromatic rings. The van der Waals surface area contributed by atoms with Crippen LogP contribution in [0.4, 0.5) is 4.39 Å². The number of nitrogens with one attached hydrogen (secondary N) is 1. The lowest BCUT2D eigenvalue weighted by atomic mass is 10.1. The van der Waals surface area contributed by atoms with E-state index in [0.717, 1.165) is 12.1 Å². The van der Waals surface area contributed by atoms with Gasteiger partial charge in [0.2, 0.25) is 0 Å². The molecule has 0 amide bonds. The van der Waals surface area contributed by atoms with Gasteiger partial charge in [-0.25, -0.2) is 4.39 Å². The molecule has 0 aliphatic heterocycles. The van der Waals surface area contributed by atoms with E-state index in [1.165, 1.54) is 28.5 Å². The van der Waals surface area contributed by atoms with Gasteiger partial charge in [0.05, 0.1) is 0 Å². The Bertz CT molecular complexity index is 734. The van der Waals surface area contributed by atoms with Crippen LogP contribution < -0.4 is 5.32 Å². The van der Waals surface area contributed by atoms with Crippen LogP contribution in [-0.2, 0) is 6.54 Å². The molecule has 0 saturated heterocycles. The maximum absolute atomic E-state index is 12.9. The molecule has 21 heavy (non-hydrogen) atoms. The fourth-order valence-corrected chi connectivity index (χ4v) is 2.49. The number of rotatable bonds is 4. The smallest absolute Gasteiger partial charge is 0.123 e. The maximum Gasteiger partial charge on any atom is 0.123 e. The van der Waals surface area contributed by atoms with E-state index in [1.54, 1.807) is 0 Å². The van der Waals surface area contributed by atoms with Crippen molar-refractivity contribution in [3.63, 3.8) is 0 Å². The second-order valence-electron chi connectivity index (χ2n) is 5.34. The summed E-state index contributed by atoms with van der Waals surface area (Å²) in [6, 6.07) is 21.7. The summed E-state index contributed by atoms with van der Waals surface area (Å²) in [5.74, 6) is -0.194. The van der Waals surface area contributed by atoms with Crippen molar-refractivity contribution in [2.24, 2.45) is 0 Å². The summed E-state index contributed by atoms with van der Waals surface area (Å²) >= 11 is 0. The van der Waals surface area contributed by atoms with Crippen LogP contribution in [0.1, 0.15) is 24.1 Å². The third-order valence-electron chi connectivity index (χ3n) is 3.80. The minimum Gasteiger partial charge on any atom is -0.306 e. The SMILES string of the molecule is C[C@H](NCc1ccc2ccccc2c1)c1ccc(F)cc1. The van der Waals surface area contributed by atoms with Crippen LogP contribution >= 0.6 is 0 Å². The zero-order valence-corrected chi connectivity index (χ0v) is 12.0. The third kappa shape index (κ3) is 3.29. The van der Waals surface area contributed by atoms with Crippen LogP contribution in [-0.4, -0.2) is 0 Å². The Labute approximate surface area is 124 Å². The molecular formula is C19H18FN. The molecule has 3 rings (SSSR count). The summed E-state index contributed by atoms with van der Waals surface area (Å²) in [7, 11) is 0. The first kappa shape index (κ1) is 13.8. The van der Waals surface area contributed by atoms with E-state index < -0.39 is 0 Å². The van der Waals surface area contributed by atoms with Crippen molar-refractivity contribution in [1.29, 1.82) is 0 Å². The standard InChI is InChI=1S/C19H18FN/c1-14(16-8-10-19(20)11-9-16)21-13-15-6-7-17-4-2-3-5-18(17)12-15/h2-12,14,21H,13H2,1H3/t14-/m0/s1. The molecule has 0 radical (unpaired) electrons. The van der Waals surface area contributed by atoms with Crippen LogP contribution in [0, 0.1) is 5.82 Å². The van der Waals surface area contributed by atoms with Crippen molar-refractivity contribution in [3.8, 4) is 0 Å². The van der Waals surface area contributed by atoms with Gasteiger partial charge in [-0.3, -0.25) is 0 Å². The van der Waals surface area contributed by atoms with Gasteiger partial charge in [-0.05, 0) is 47.0 Å². The topological polar surface area (TPSA) is 12.0 Å². The van der Waals surface area contributed by atoms with Gasteiger partial charge >= 0.3 is 0 Å². The molecule has 2 heteroatoms. The van der Waals surface area contributed by atoms with E-state index in [9.17, 15) is 4.39 Å². The monoisotopic (exact) mass is 279 g/mol. The van der Waals surface area contributed by atoms with E-state index in [2.05, 4.69) is 54.7 Å². The Hall–Kier alpha value is -2.19. The molecule has 1 N–H and O–H groups in total. The van der Waals surface area contributed by atoms with Gasteiger partial charge in [0.25, 0.3) is 0 Å².